The molecule has 1 heterocycles. The lowest BCUT2D eigenvalue weighted by Crippen LogP contribution is -2.20. The van der Waals surface area contributed by atoms with Gasteiger partial charge in [0.25, 0.3) is 0 Å². The fourth-order valence-corrected chi connectivity index (χ4v) is 2.04. The Hall–Kier alpha value is -1.94. The zero-order valence-electron chi connectivity index (χ0n) is 10.2. The van der Waals surface area contributed by atoms with Gasteiger partial charge in [-0.2, -0.15) is 0 Å². The summed E-state index contributed by atoms with van der Waals surface area (Å²) in [6.45, 7) is 0. The average Bonchev–Trinajstić information content (AvgIpc) is 2.41. The molecule has 0 radical (unpaired) electrons. The van der Waals surface area contributed by atoms with Gasteiger partial charge in [-0.3, -0.25) is 4.79 Å². The van der Waals surface area contributed by atoms with Crippen LogP contribution in [-0.4, -0.2) is 21.0 Å². The van der Waals surface area contributed by atoms with E-state index in [1.165, 1.54) is 0 Å². The third kappa shape index (κ3) is 3.76. The van der Waals surface area contributed by atoms with Crippen molar-refractivity contribution in [2.45, 2.75) is 12.8 Å². The first-order chi connectivity index (χ1) is 9.16. The quantitative estimate of drug-likeness (QED) is 0.912. The topological polar surface area (TPSA) is 63.1 Å². The zero-order chi connectivity index (χ0) is 13.7. The molecule has 0 aliphatic rings. The van der Waals surface area contributed by atoms with Crippen molar-refractivity contribution >= 4 is 17.6 Å². The second-order valence-electron chi connectivity index (χ2n) is 4.20. The number of carboxylic acid groups (broad SMARTS) is 1. The van der Waals surface area contributed by atoms with Crippen LogP contribution in [0.15, 0.2) is 42.7 Å². The number of hydrogen-bond acceptors (Lipinski definition) is 3. The highest BCUT2D eigenvalue weighted by Crippen LogP contribution is 2.20. The number of carbonyl (C=O) groups is 1. The molecular formula is C14H13ClN2O2. The molecule has 1 unspecified atom stereocenters. The van der Waals surface area contributed by atoms with Gasteiger partial charge in [-0.05, 0) is 24.1 Å². The highest BCUT2D eigenvalue weighted by molar-refractivity contribution is 6.31. The van der Waals surface area contributed by atoms with Crippen molar-refractivity contribution in [3.05, 3.63) is 59.1 Å². The molecule has 1 N–H and O–H groups in total. The molecule has 1 atom stereocenters. The van der Waals surface area contributed by atoms with E-state index in [0.29, 0.717) is 23.7 Å². The average molecular weight is 277 g/mol. The molecule has 4 nitrogen and oxygen atoms in total. The number of benzene rings is 1. The molecule has 5 heteroatoms. The molecule has 1 aromatic carbocycles. The third-order valence-electron chi connectivity index (χ3n) is 2.82. The standard InChI is InChI=1S/C14H13ClN2O2/c15-12-5-2-1-4-10(12)8-11(14(18)19)9-13-16-6-3-7-17-13/h1-7,11H,8-9H2,(H,18,19). The smallest absolute Gasteiger partial charge is 0.307 e. The van der Waals surface area contributed by atoms with Crippen LogP contribution in [0.3, 0.4) is 0 Å². The van der Waals surface area contributed by atoms with E-state index in [1.807, 2.05) is 18.2 Å². The Bertz CT molecular complexity index is 560. The minimum absolute atomic E-state index is 0.293. The highest BCUT2D eigenvalue weighted by atomic mass is 35.5. The van der Waals surface area contributed by atoms with Gasteiger partial charge < -0.3 is 5.11 Å². The van der Waals surface area contributed by atoms with E-state index in [4.69, 9.17) is 11.6 Å². The molecular weight excluding hydrogens is 264 g/mol. The number of hydrogen-bond donors (Lipinski definition) is 1. The van der Waals surface area contributed by atoms with Gasteiger partial charge in [-0.25, -0.2) is 9.97 Å². The van der Waals surface area contributed by atoms with E-state index >= 15 is 0 Å². The molecule has 0 aliphatic carbocycles. The van der Waals surface area contributed by atoms with Crippen molar-refractivity contribution in [2.24, 2.45) is 5.92 Å². The Morgan fingerprint density at radius 1 is 1.16 bits per heavy atom. The maximum atomic E-state index is 11.3. The van der Waals surface area contributed by atoms with E-state index in [2.05, 4.69) is 9.97 Å². The molecule has 19 heavy (non-hydrogen) atoms. The molecule has 2 rings (SSSR count). The normalized spacial score (nSPS) is 12.1. The SMILES string of the molecule is O=C(O)C(Cc1ncccn1)Cc1ccccc1Cl. The summed E-state index contributed by atoms with van der Waals surface area (Å²) in [6, 6.07) is 8.97. The Morgan fingerprint density at radius 3 is 2.47 bits per heavy atom. The number of aliphatic carboxylic acids is 1. The zero-order valence-corrected chi connectivity index (χ0v) is 10.9. The Kier molecular flexibility index (Phi) is 4.47. The van der Waals surface area contributed by atoms with Gasteiger partial charge in [-0.1, -0.05) is 29.8 Å². The second-order valence-corrected chi connectivity index (χ2v) is 4.61. The monoisotopic (exact) mass is 276 g/mol. The molecule has 0 fully saturated rings. The van der Waals surface area contributed by atoms with E-state index in [-0.39, 0.29) is 0 Å². The van der Waals surface area contributed by atoms with Crippen LogP contribution in [0, 0.1) is 5.92 Å². The number of nitrogens with zero attached hydrogens (tertiary/aromatic N) is 2. The summed E-state index contributed by atoms with van der Waals surface area (Å²) in [6.07, 6.45) is 3.88. The lowest BCUT2D eigenvalue weighted by atomic mass is 9.96. The summed E-state index contributed by atoms with van der Waals surface area (Å²) in [5.41, 5.74) is 0.826. The van der Waals surface area contributed by atoms with Crippen LogP contribution in [-0.2, 0) is 17.6 Å². The Balaban J connectivity index is 2.13. The van der Waals surface area contributed by atoms with Crippen LogP contribution in [0.5, 0.6) is 0 Å². The molecule has 0 saturated heterocycles. The van der Waals surface area contributed by atoms with Gasteiger partial charge in [0.2, 0.25) is 0 Å². The number of halogens is 1. The second kappa shape index (κ2) is 6.29. The predicted molar refractivity (Wildman–Crippen MR) is 72.0 cm³/mol. The molecule has 1 aromatic heterocycles. The summed E-state index contributed by atoms with van der Waals surface area (Å²) in [5.74, 6) is -0.920. The van der Waals surface area contributed by atoms with Crippen molar-refractivity contribution in [3.63, 3.8) is 0 Å². The maximum Gasteiger partial charge on any atom is 0.307 e. The molecule has 0 aliphatic heterocycles. The third-order valence-corrected chi connectivity index (χ3v) is 3.19. The van der Waals surface area contributed by atoms with Gasteiger partial charge >= 0.3 is 5.97 Å². The summed E-state index contributed by atoms with van der Waals surface area (Å²) in [4.78, 5) is 19.4. The Labute approximate surface area is 116 Å². The molecule has 2 aromatic rings. The Morgan fingerprint density at radius 2 is 1.84 bits per heavy atom. The minimum atomic E-state index is -0.868. The van der Waals surface area contributed by atoms with Crippen LogP contribution >= 0.6 is 11.6 Å². The van der Waals surface area contributed by atoms with Crippen LogP contribution < -0.4 is 0 Å². The van der Waals surface area contributed by atoms with Gasteiger partial charge in [0.1, 0.15) is 5.82 Å². The van der Waals surface area contributed by atoms with E-state index in [9.17, 15) is 9.90 Å². The fraction of sp³-hybridized carbons (Fsp3) is 0.214. The van der Waals surface area contributed by atoms with Gasteiger partial charge in [0.15, 0.2) is 0 Å². The van der Waals surface area contributed by atoms with Crippen LogP contribution in [0.2, 0.25) is 5.02 Å². The summed E-state index contributed by atoms with van der Waals surface area (Å²) < 4.78 is 0. The van der Waals surface area contributed by atoms with Gasteiger partial charge in [-0.15, -0.1) is 0 Å². The van der Waals surface area contributed by atoms with Crippen LogP contribution in [0.1, 0.15) is 11.4 Å². The lowest BCUT2D eigenvalue weighted by molar-refractivity contribution is -0.141. The lowest BCUT2D eigenvalue weighted by Gasteiger charge is -2.12. The number of carboxylic acids is 1. The van der Waals surface area contributed by atoms with E-state index in [0.717, 1.165) is 5.56 Å². The first kappa shape index (κ1) is 13.5. The summed E-state index contributed by atoms with van der Waals surface area (Å²) >= 11 is 6.05. The maximum absolute atomic E-state index is 11.3. The predicted octanol–water partition coefficient (Wildman–Crippen LogP) is 2.62. The van der Waals surface area contributed by atoms with Crippen molar-refractivity contribution in [1.82, 2.24) is 9.97 Å². The van der Waals surface area contributed by atoms with E-state index < -0.39 is 11.9 Å². The first-order valence-corrected chi connectivity index (χ1v) is 6.26. The van der Waals surface area contributed by atoms with Crippen molar-refractivity contribution < 1.29 is 9.90 Å². The molecule has 98 valence electrons. The highest BCUT2D eigenvalue weighted by Gasteiger charge is 2.20. The molecule has 0 bridgehead atoms. The van der Waals surface area contributed by atoms with Crippen molar-refractivity contribution in [3.8, 4) is 0 Å². The number of aromatic nitrogens is 2. The number of rotatable bonds is 5. The summed E-state index contributed by atoms with van der Waals surface area (Å²) in [7, 11) is 0. The largest absolute Gasteiger partial charge is 0.481 e. The molecule has 0 amide bonds. The van der Waals surface area contributed by atoms with Crippen molar-refractivity contribution in [2.75, 3.05) is 0 Å². The first-order valence-electron chi connectivity index (χ1n) is 5.89. The van der Waals surface area contributed by atoms with Crippen LogP contribution in [0.4, 0.5) is 0 Å². The van der Waals surface area contributed by atoms with Crippen molar-refractivity contribution in [1.29, 1.82) is 0 Å². The van der Waals surface area contributed by atoms with E-state index in [1.54, 1.807) is 24.5 Å². The van der Waals surface area contributed by atoms with Gasteiger partial charge in [0, 0.05) is 23.8 Å². The van der Waals surface area contributed by atoms with Gasteiger partial charge in [0.05, 0.1) is 5.92 Å². The minimum Gasteiger partial charge on any atom is -0.481 e. The van der Waals surface area contributed by atoms with Crippen LogP contribution in [0.25, 0.3) is 0 Å². The molecule has 0 spiro atoms. The summed E-state index contributed by atoms with van der Waals surface area (Å²) in [5, 5.41) is 9.87. The molecule has 0 saturated carbocycles. The fourth-order valence-electron chi connectivity index (χ4n) is 1.83.